The van der Waals surface area contributed by atoms with Crippen LogP contribution in [0.1, 0.15) is 22.3 Å². The van der Waals surface area contributed by atoms with Crippen molar-refractivity contribution in [3.8, 4) is 5.75 Å². The number of aromatic hydroxyl groups is 1. The molecule has 3 aliphatic carbocycles. The third kappa shape index (κ3) is 3.49. The molecule has 0 aliphatic heterocycles. The second-order valence-corrected chi connectivity index (χ2v) is 9.95. The topological polar surface area (TPSA) is 171 Å². The number of aliphatic imine (C=N–C) groups is 1. The molecule has 0 heterocycles. The summed E-state index contributed by atoms with van der Waals surface area (Å²) in [6, 6.07) is 1.74. The van der Waals surface area contributed by atoms with Crippen LogP contribution in [0.3, 0.4) is 0 Å². The lowest BCUT2D eigenvalue weighted by atomic mass is 9.52. The molecule has 1 aromatic carbocycles. The van der Waals surface area contributed by atoms with Crippen molar-refractivity contribution in [1.29, 1.82) is 0 Å². The van der Waals surface area contributed by atoms with Crippen LogP contribution in [-0.2, 0) is 25.6 Å². The summed E-state index contributed by atoms with van der Waals surface area (Å²) in [5, 5.41) is 22.0. The van der Waals surface area contributed by atoms with E-state index in [0.29, 0.717) is 11.3 Å². The molecule has 0 aromatic heterocycles. The predicted octanol–water partition coefficient (Wildman–Crippen LogP) is -0.912. The van der Waals surface area contributed by atoms with Crippen molar-refractivity contribution in [2.45, 2.75) is 24.5 Å². The number of carbonyl (C=O) groups is 5. The molecule has 11 nitrogen and oxygen atoms in total. The van der Waals surface area contributed by atoms with E-state index in [0.717, 1.165) is 0 Å². The van der Waals surface area contributed by atoms with Gasteiger partial charge in [0.05, 0.1) is 29.5 Å². The number of phenols is 1. The summed E-state index contributed by atoms with van der Waals surface area (Å²) < 4.78 is 0. The summed E-state index contributed by atoms with van der Waals surface area (Å²) >= 11 is 0. The second kappa shape index (κ2) is 8.35. The molecule has 0 saturated heterocycles. The first-order chi connectivity index (χ1) is 16.3. The molecule has 4 N–H and O–H groups in total. The SMILES string of the molecule is CN(C)C=Nc1ccc(O)c2c1C[C@H]1C[C@H]3[C@H](N(C)C)C(=O)C(C(N)=O)C(=O)[C@@]3(O)C(=O)C1C2=O. The lowest BCUT2D eigenvalue weighted by Gasteiger charge is -2.52. The lowest BCUT2D eigenvalue weighted by molar-refractivity contribution is -0.181. The highest BCUT2D eigenvalue weighted by Crippen LogP contribution is 2.51. The number of nitrogens with zero attached hydrogens (tertiary/aromatic N) is 3. The zero-order chi connectivity index (χ0) is 26.0. The summed E-state index contributed by atoms with van der Waals surface area (Å²) in [5.74, 6) is -10.7. The summed E-state index contributed by atoms with van der Waals surface area (Å²) in [4.78, 5) is 73.1. The van der Waals surface area contributed by atoms with Crippen LogP contribution >= 0.6 is 0 Å². The molecule has 35 heavy (non-hydrogen) atoms. The minimum Gasteiger partial charge on any atom is -0.507 e. The summed E-state index contributed by atoms with van der Waals surface area (Å²) in [6.45, 7) is 0. The largest absolute Gasteiger partial charge is 0.507 e. The number of hydrogen-bond acceptors (Lipinski definition) is 9. The maximum Gasteiger partial charge on any atom is 0.235 e. The summed E-state index contributed by atoms with van der Waals surface area (Å²) in [5.41, 5.74) is 3.40. The highest BCUT2D eigenvalue weighted by atomic mass is 16.3. The van der Waals surface area contributed by atoms with Crippen LogP contribution in [0.15, 0.2) is 17.1 Å². The average molecular weight is 485 g/mol. The van der Waals surface area contributed by atoms with Crippen LogP contribution < -0.4 is 5.73 Å². The molecular weight excluding hydrogens is 456 g/mol. The number of Topliss-reactive ketones (excluding diaryl/α,β-unsaturated/α-hetero) is 4. The Kier molecular flexibility index (Phi) is 5.89. The molecule has 186 valence electrons. The Morgan fingerprint density at radius 2 is 1.80 bits per heavy atom. The Labute approximate surface area is 201 Å². The molecular formula is C24H28N4O7. The van der Waals surface area contributed by atoms with E-state index in [1.807, 2.05) is 0 Å². The van der Waals surface area contributed by atoms with E-state index in [2.05, 4.69) is 4.99 Å². The summed E-state index contributed by atoms with van der Waals surface area (Å²) in [7, 11) is 6.63. The molecule has 1 aromatic rings. The first-order valence-corrected chi connectivity index (χ1v) is 11.2. The molecule has 0 spiro atoms. The lowest BCUT2D eigenvalue weighted by Crippen LogP contribution is -2.74. The van der Waals surface area contributed by atoms with E-state index >= 15 is 0 Å². The number of primary amides is 1. The van der Waals surface area contributed by atoms with Crippen LogP contribution in [0.4, 0.5) is 5.69 Å². The normalized spacial score (nSPS) is 32.5. The van der Waals surface area contributed by atoms with Crippen molar-refractivity contribution in [3.63, 3.8) is 0 Å². The van der Waals surface area contributed by atoms with Gasteiger partial charge in [-0.15, -0.1) is 0 Å². The number of carbonyl (C=O) groups excluding carboxylic acids is 5. The zero-order valence-electron chi connectivity index (χ0n) is 19.9. The van der Waals surface area contributed by atoms with Gasteiger partial charge in [0.1, 0.15) is 5.75 Å². The molecule has 4 rings (SSSR count). The molecule has 0 radical (unpaired) electrons. The number of aliphatic hydroxyl groups is 1. The number of rotatable bonds is 4. The second-order valence-electron chi connectivity index (χ2n) is 9.95. The number of phenolic OH excluding ortho intramolecular Hbond substituents is 1. The Morgan fingerprint density at radius 1 is 1.14 bits per heavy atom. The van der Waals surface area contributed by atoms with E-state index in [4.69, 9.17) is 5.73 Å². The number of amides is 1. The third-order valence-electron chi connectivity index (χ3n) is 7.35. The molecule has 6 atom stereocenters. The Bertz CT molecular complexity index is 1190. The first-order valence-electron chi connectivity index (χ1n) is 11.2. The van der Waals surface area contributed by atoms with Crippen LogP contribution in [0, 0.1) is 23.7 Å². The van der Waals surface area contributed by atoms with E-state index < -0.39 is 64.4 Å². The molecule has 2 fully saturated rings. The fraction of sp³-hybridized carbons (Fsp3) is 0.500. The highest BCUT2D eigenvalue weighted by Gasteiger charge is 2.69. The fourth-order valence-corrected chi connectivity index (χ4v) is 5.89. The van der Waals surface area contributed by atoms with Gasteiger partial charge in [0.2, 0.25) is 5.91 Å². The molecule has 1 amide bonds. The van der Waals surface area contributed by atoms with Gasteiger partial charge in [-0.2, -0.15) is 0 Å². The van der Waals surface area contributed by atoms with Gasteiger partial charge < -0.3 is 20.8 Å². The van der Waals surface area contributed by atoms with Crippen LogP contribution in [0.2, 0.25) is 0 Å². The Hall–Kier alpha value is -3.44. The maximum atomic E-state index is 13.7. The van der Waals surface area contributed by atoms with Crippen molar-refractivity contribution in [3.05, 3.63) is 23.3 Å². The number of fused-ring (bicyclic) bond motifs is 3. The van der Waals surface area contributed by atoms with Crippen molar-refractivity contribution >= 4 is 41.1 Å². The molecule has 11 heteroatoms. The van der Waals surface area contributed by atoms with Gasteiger partial charge in [-0.1, -0.05) is 0 Å². The van der Waals surface area contributed by atoms with Gasteiger partial charge in [-0.3, -0.25) is 28.9 Å². The zero-order valence-corrected chi connectivity index (χ0v) is 19.9. The van der Waals surface area contributed by atoms with Crippen LogP contribution in [0.25, 0.3) is 0 Å². The average Bonchev–Trinajstić information content (AvgIpc) is 2.75. The number of hydrogen-bond donors (Lipinski definition) is 3. The van der Waals surface area contributed by atoms with E-state index in [9.17, 15) is 34.2 Å². The Balaban J connectivity index is 1.86. The van der Waals surface area contributed by atoms with Crippen molar-refractivity contribution in [2.75, 3.05) is 28.2 Å². The first kappa shape index (κ1) is 24.7. The molecule has 0 bridgehead atoms. The maximum absolute atomic E-state index is 13.7. The van der Waals surface area contributed by atoms with Crippen molar-refractivity contribution in [2.24, 2.45) is 34.4 Å². The number of likely N-dealkylation sites (N-methyl/N-ethyl adjacent to an activating group) is 1. The van der Waals surface area contributed by atoms with Gasteiger partial charge in [0.15, 0.2) is 34.7 Å². The molecule has 3 aliphatic rings. The number of nitrogens with two attached hydrogens (primary N) is 1. The standard InChI is InChI=1S/C24H28N4O7/c1-27(2)9-26-13-5-6-14(29)16-11(13)7-10-8-12-18(28(3)4)20(31)17(23(25)34)22(33)24(12,35)21(32)15(10)19(16)30/h5-6,9-10,12,15,17-18,29,35H,7-8H2,1-4H3,(H2,25,34)/t10-,12-,15?,17?,18-,24-/m0/s1. The van der Waals surface area contributed by atoms with Crippen LogP contribution in [-0.4, -0.2) is 95.2 Å². The number of ketones is 4. The van der Waals surface area contributed by atoms with Crippen LogP contribution in [0.5, 0.6) is 5.75 Å². The Morgan fingerprint density at radius 3 is 2.37 bits per heavy atom. The van der Waals surface area contributed by atoms with Gasteiger partial charge in [0, 0.05) is 20.0 Å². The minimum atomic E-state index is -2.73. The van der Waals surface area contributed by atoms with Gasteiger partial charge in [-0.05, 0) is 50.6 Å². The van der Waals surface area contributed by atoms with Gasteiger partial charge in [0.25, 0.3) is 0 Å². The van der Waals surface area contributed by atoms with Crippen molar-refractivity contribution < 1.29 is 34.2 Å². The highest BCUT2D eigenvalue weighted by molar-refractivity contribution is 6.32. The van der Waals surface area contributed by atoms with E-state index in [1.165, 1.54) is 11.0 Å². The smallest absolute Gasteiger partial charge is 0.235 e. The minimum absolute atomic E-state index is 0.00359. The monoisotopic (exact) mass is 484 g/mol. The van der Waals surface area contributed by atoms with E-state index in [1.54, 1.807) is 45.5 Å². The van der Waals surface area contributed by atoms with Gasteiger partial charge in [-0.25, -0.2) is 4.99 Å². The fourth-order valence-electron chi connectivity index (χ4n) is 5.89. The number of benzene rings is 1. The van der Waals surface area contributed by atoms with Crippen molar-refractivity contribution in [1.82, 2.24) is 9.80 Å². The van der Waals surface area contributed by atoms with E-state index in [-0.39, 0.29) is 24.2 Å². The molecule has 2 saturated carbocycles. The quantitative estimate of drug-likeness (QED) is 0.278. The molecule has 2 unspecified atom stereocenters. The summed E-state index contributed by atoms with van der Waals surface area (Å²) in [6.07, 6.45) is 1.70. The predicted molar refractivity (Wildman–Crippen MR) is 123 cm³/mol. The van der Waals surface area contributed by atoms with Gasteiger partial charge >= 0.3 is 0 Å². The third-order valence-corrected chi connectivity index (χ3v) is 7.35.